The molecule has 0 saturated carbocycles. The van der Waals surface area contributed by atoms with E-state index in [1.165, 1.54) is 0 Å². The summed E-state index contributed by atoms with van der Waals surface area (Å²) in [4.78, 5) is 52.9. The number of aromatic amines is 1. The smallest absolute Gasteiger partial charge is 0.326 e. The van der Waals surface area contributed by atoms with Crippen molar-refractivity contribution in [2.75, 3.05) is 12.3 Å². The predicted molar refractivity (Wildman–Crippen MR) is 138 cm³/mol. The van der Waals surface area contributed by atoms with Crippen LogP contribution in [0.2, 0.25) is 0 Å². The average molecular weight is 512 g/mol. The molecular formula is C25H29N5O5S. The molecule has 1 aromatic heterocycles. The second-order valence-electron chi connectivity index (χ2n) is 8.22. The lowest BCUT2D eigenvalue weighted by atomic mass is 10.0. The van der Waals surface area contributed by atoms with Gasteiger partial charge in [-0.25, -0.2) is 4.79 Å². The zero-order chi connectivity index (χ0) is 26.1. The first-order valence-corrected chi connectivity index (χ1v) is 12.0. The van der Waals surface area contributed by atoms with Gasteiger partial charge in [0, 0.05) is 35.7 Å². The molecule has 190 valence electrons. The molecule has 0 spiro atoms. The lowest BCUT2D eigenvalue weighted by Gasteiger charge is -2.24. The fourth-order valence-electron chi connectivity index (χ4n) is 3.77. The second kappa shape index (κ2) is 12.8. The third-order valence-electron chi connectivity index (χ3n) is 5.65. The molecule has 3 unspecified atom stereocenters. The highest BCUT2D eigenvalue weighted by molar-refractivity contribution is 7.80. The Labute approximate surface area is 213 Å². The van der Waals surface area contributed by atoms with Crippen LogP contribution in [0.5, 0.6) is 0 Å². The molecular weight excluding hydrogens is 482 g/mol. The molecule has 0 radical (unpaired) electrons. The Balaban J connectivity index is 1.78. The van der Waals surface area contributed by atoms with E-state index in [1.54, 1.807) is 30.5 Å². The van der Waals surface area contributed by atoms with Crippen LogP contribution in [0.3, 0.4) is 0 Å². The summed E-state index contributed by atoms with van der Waals surface area (Å²) >= 11 is 4.11. The average Bonchev–Trinajstić information content (AvgIpc) is 3.29. The second-order valence-corrected chi connectivity index (χ2v) is 8.59. The van der Waals surface area contributed by atoms with Gasteiger partial charge in [0.25, 0.3) is 0 Å². The van der Waals surface area contributed by atoms with Crippen LogP contribution in [-0.2, 0) is 32.0 Å². The fourth-order valence-corrected chi connectivity index (χ4v) is 4.03. The molecule has 0 saturated heterocycles. The highest BCUT2D eigenvalue weighted by Gasteiger charge is 2.29. The summed E-state index contributed by atoms with van der Waals surface area (Å²) in [5, 5.41) is 18.3. The third-order valence-corrected chi connectivity index (χ3v) is 6.01. The Morgan fingerprint density at radius 1 is 0.861 bits per heavy atom. The van der Waals surface area contributed by atoms with Crippen LogP contribution in [-0.4, -0.2) is 64.2 Å². The minimum Gasteiger partial charge on any atom is -0.480 e. The van der Waals surface area contributed by atoms with E-state index in [9.17, 15) is 24.3 Å². The maximum Gasteiger partial charge on any atom is 0.326 e. The molecule has 11 heteroatoms. The van der Waals surface area contributed by atoms with Crippen molar-refractivity contribution < 1.29 is 24.3 Å². The number of rotatable bonds is 12. The van der Waals surface area contributed by atoms with Crippen LogP contribution in [0.4, 0.5) is 0 Å². The number of carbonyl (C=O) groups excluding carboxylic acids is 3. The van der Waals surface area contributed by atoms with Crippen molar-refractivity contribution in [2.24, 2.45) is 5.73 Å². The zero-order valence-electron chi connectivity index (χ0n) is 19.4. The number of fused-ring (bicyclic) bond motifs is 1. The van der Waals surface area contributed by atoms with Gasteiger partial charge in [-0.15, -0.1) is 0 Å². The largest absolute Gasteiger partial charge is 0.480 e. The molecule has 1 heterocycles. The minimum absolute atomic E-state index is 0.0183. The van der Waals surface area contributed by atoms with Gasteiger partial charge in [-0.05, 0) is 17.2 Å². The maximum absolute atomic E-state index is 13.3. The number of hydrogen-bond donors (Lipinski definition) is 7. The lowest BCUT2D eigenvalue weighted by molar-refractivity contribution is -0.142. The van der Waals surface area contributed by atoms with Gasteiger partial charge in [0.15, 0.2) is 0 Å². The number of aromatic nitrogens is 1. The van der Waals surface area contributed by atoms with E-state index in [0.717, 1.165) is 22.0 Å². The summed E-state index contributed by atoms with van der Waals surface area (Å²) in [7, 11) is 0. The molecule has 0 fully saturated rings. The van der Waals surface area contributed by atoms with Gasteiger partial charge in [-0.2, -0.15) is 12.6 Å². The Kier molecular flexibility index (Phi) is 9.48. The van der Waals surface area contributed by atoms with E-state index in [1.807, 2.05) is 30.3 Å². The zero-order valence-corrected chi connectivity index (χ0v) is 20.3. The van der Waals surface area contributed by atoms with Crippen molar-refractivity contribution in [2.45, 2.75) is 31.0 Å². The number of para-hydroxylation sites is 1. The highest BCUT2D eigenvalue weighted by Crippen LogP contribution is 2.19. The molecule has 0 aliphatic carbocycles. The van der Waals surface area contributed by atoms with E-state index in [0.29, 0.717) is 0 Å². The van der Waals surface area contributed by atoms with Crippen LogP contribution in [0.1, 0.15) is 11.1 Å². The van der Waals surface area contributed by atoms with Crippen molar-refractivity contribution in [1.29, 1.82) is 0 Å². The molecule has 3 aromatic rings. The van der Waals surface area contributed by atoms with Crippen molar-refractivity contribution in [3.8, 4) is 0 Å². The Morgan fingerprint density at radius 3 is 2.17 bits per heavy atom. The van der Waals surface area contributed by atoms with Gasteiger partial charge >= 0.3 is 5.97 Å². The first-order chi connectivity index (χ1) is 17.3. The van der Waals surface area contributed by atoms with Crippen molar-refractivity contribution in [3.63, 3.8) is 0 Å². The summed E-state index contributed by atoms with van der Waals surface area (Å²) in [5.41, 5.74) is 7.66. The van der Waals surface area contributed by atoms with Gasteiger partial charge < -0.3 is 31.8 Å². The molecule has 2 aromatic carbocycles. The number of thiol groups is 1. The highest BCUT2D eigenvalue weighted by atomic mass is 32.1. The summed E-state index contributed by atoms with van der Waals surface area (Å²) < 4.78 is 0. The topological polar surface area (TPSA) is 166 Å². The normalized spacial score (nSPS) is 13.4. The van der Waals surface area contributed by atoms with Gasteiger partial charge in [0.2, 0.25) is 17.7 Å². The number of amides is 3. The van der Waals surface area contributed by atoms with Crippen molar-refractivity contribution >= 4 is 47.2 Å². The van der Waals surface area contributed by atoms with Gasteiger partial charge in [0.05, 0.1) is 6.54 Å². The van der Waals surface area contributed by atoms with Crippen LogP contribution in [0, 0.1) is 0 Å². The number of carboxylic acid groups (broad SMARTS) is 1. The van der Waals surface area contributed by atoms with E-state index in [4.69, 9.17) is 5.73 Å². The van der Waals surface area contributed by atoms with E-state index >= 15 is 0 Å². The molecule has 3 atom stereocenters. The van der Waals surface area contributed by atoms with Crippen LogP contribution in [0.25, 0.3) is 10.9 Å². The monoisotopic (exact) mass is 511 g/mol. The molecule has 0 aliphatic rings. The van der Waals surface area contributed by atoms with Crippen LogP contribution < -0.4 is 21.7 Å². The van der Waals surface area contributed by atoms with E-state index in [2.05, 4.69) is 33.6 Å². The number of carboxylic acids is 1. The molecule has 36 heavy (non-hydrogen) atoms. The molecule has 3 amide bonds. The lowest BCUT2D eigenvalue weighted by Crippen LogP contribution is -2.57. The Bertz CT molecular complexity index is 1220. The summed E-state index contributed by atoms with van der Waals surface area (Å²) in [6.45, 7) is -0.306. The van der Waals surface area contributed by atoms with Crippen molar-refractivity contribution in [1.82, 2.24) is 20.9 Å². The number of carbonyl (C=O) groups is 4. The standard InChI is InChI=1S/C25H29N5O5S/c26-12-22(31)28-21(14-36)24(33)29-19(10-15-6-2-1-3-7-15)23(32)30-20(25(34)35)11-16-13-27-18-9-5-4-8-17(16)18/h1-9,13,19-21,27,36H,10-12,14,26H2,(H,28,31)(H,29,33)(H,30,32)(H,34,35). The Hall–Kier alpha value is -3.83. The third kappa shape index (κ3) is 7.09. The summed E-state index contributed by atoms with van der Waals surface area (Å²) in [5.74, 6) is -3.07. The fraction of sp³-hybridized carbons (Fsp3) is 0.280. The summed E-state index contributed by atoms with van der Waals surface area (Å²) in [6.07, 6.45) is 1.87. The maximum atomic E-state index is 13.3. The van der Waals surface area contributed by atoms with Gasteiger partial charge in [-0.1, -0.05) is 48.5 Å². The molecule has 3 rings (SSSR count). The first kappa shape index (κ1) is 26.8. The quantitative estimate of drug-likeness (QED) is 0.174. The number of nitrogens with one attached hydrogen (secondary N) is 4. The van der Waals surface area contributed by atoms with Gasteiger partial charge in [-0.3, -0.25) is 14.4 Å². The number of aliphatic carboxylic acids is 1. The Morgan fingerprint density at radius 2 is 1.50 bits per heavy atom. The van der Waals surface area contributed by atoms with E-state index < -0.39 is 41.8 Å². The molecule has 7 N–H and O–H groups in total. The predicted octanol–water partition coefficient (Wildman–Crippen LogP) is 0.381. The van der Waals surface area contributed by atoms with E-state index in [-0.39, 0.29) is 25.1 Å². The van der Waals surface area contributed by atoms with Crippen LogP contribution in [0.15, 0.2) is 60.8 Å². The minimum atomic E-state index is -1.23. The van der Waals surface area contributed by atoms with Crippen molar-refractivity contribution in [3.05, 3.63) is 71.9 Å². The SMILES string of the molecule is NCC(=O)NC(CS)C(=O)NC(Cc1ccccc1)C(=O)NC(Cc1c[nH]c2ccccc12)C(=O)O. The van der Waals surface area contributed by atoms with Crippen LogP contribution >= 0.6 is 12.6 Å². The summed E-state index contributed by atoms with van der Waals surface area (Å²) in [6, 6.07) is 13.1. The number of hydrogen-bond acceptors (Lipinski definition) is 6. The number of benzene rings is 2. The molecule has 10 nitrogen and oxygen atoms in total. The molecule has 0 bridgehead atoms. The number of H-pyrrole nitrogens is 1. The number of nitrogens with two attached hydrogens (primary N) is 1. The van der Waals surface area contributed by atoms with Gasteiger partial charge in [0.1, 0.15) is 18.1 Å². The molecule has 0 aliphatic heterocycles. The first-order valence-electron chi connectivity index (χ1n) is 11.3.